The first-order valence-electron chi connectivity index (χ1n) is 6.88. The Labute approximate surface area is 128 Å². The van der Waals surface area contributed by atoms with Gasteiger partial charge >= 0.3 is 0 Å². The average molecular weight is 329 g/mol. The van der Waals surface area contributed by atoms with Gasteiger partial charge in [-0.3, -0.25) is 10.1 Å². The average Bonchev–Trinajstić information content (AvgIpc) is 2.93. The first-order chi connectivity index (χ1) is 10.3. The van der Waals surface area contributed by atoms with E-state index in [4.69, 9.17) is 5.11 Å². The topological polar surface area (TPSA) is 113 Å². The molecular weight excluding hydrogens is 310 g/mol. The summed E-state index contributed by atoms with van der Waals surface area (Å²) in [5, 5.41) is 23.2. The Morgan fingerprint density at radius 3 is 2.77 bits per heavy atom. The highest BCUT2D eigenvalue weighted by atomic mass is 32.2. The summed E-state index contributed by atoms with van der Waals surface area (Å²) in [4.78, 5) is 10.5. The lowest BCUT2D eigenvalue weighted by Gasteiger charge is -2.15. The van der Waals surface area contributed by atoms with Crippen LogP contribution in [-0.4, -0.2) is 48.6 Å². The van der Waals surface area contributed by atoms with Crippen molar-refractivity contribution in [1.82, 2.24) is 4.31 Å². The van der Waals surface area contributed by atoms with E-state index in [0.717, 1.165) is 0 Å². The van der Waals surface area contributed by atoms with Gasteiger partial charge in [0.25, 0.3) is 5.69 Å². The molecule has 0 amide bonds. The van der Waals surface area contributed by atoms with E-state index in [1.165, 1.54) is 22.7 Å². The van der Waals surface area contributed by atoms with Crippen LogP contribution in [0.3, 0.4) is 0 Å². The number of hydrogen-bond acceptors (Lipinski definition) is 6. The van der Waals surface area contributed by atoms with Gasteiger partial charge in [-0.2, -0.15) is 0 Å². The Kier molecular flexibility index (Phi) is 4.99. The zero-order chi connectivity index (χ0) is 16.3. The molecule has 1 unspecified atom stereocenters. The van der Waals surface area contributed by atoms with E-state index < -0.39 is 14.9 Å². The van der Waals surface area contributed by atoms with Crippen LogP contribution in [0.1, 0.15) is 12.0 Å². The van der Waals surface area contributed by atoms with Gasteiger partial charge in [-0.05, 0) is 30.0 Å². The molecule has 1 aromatic rings. The molecule has 2 rings (SSSR count). The quantitative estimate of drug-likeness (QED) is 0.589. The Bertz CT molecular complexity index is 662. The highest BCUT2D eigenvalue weighted by Gasteiger charge is 2.28. The molecule has 122 valence electrons. The van der Waals surface area contributed by atoms with Gasteiger partial charge in [-0.25, -0.2) is 12.7 Å². The smallest absolute Gasteiger partial charge is 0.292 e. The fourth-order valence-corrected chi connectivity index (χ4v) is 3.42. The largest absolute Gasteiger partial charge is 0.392 e. The van der Waals surface area contributed by atoms with Gasteiger partial charge in [0.05, 0.1) is 17.8 Å². The lowest BCUT2D eigenvalue weighted by Crippen LogP contribution is -2.28. The van der Waals surface area contributed by atoms with Crippen LogP contribution in [0.15, 0.2) is 18.2 Å². The summed E-state index contributed by atoms with van der Waals surface area (Å²) < 4.78 is 24.4. The molecule has 0 spiro atoms. The number of sulfonamides is 1. The Balaban J connectivity index is 2.04. The number of benzene rings is 1. The summed E-state index contributed by atoms with van der Waals surface area (Å²) in [6.07, 6.45) is 1.89. The third-order valence-electron chi connectivity index (χ3n) is 3.74. The first-order valence-corrected chi connectivity index (χ1v) is 8.73. The number of nitro groups is 1. The molecule has 1 fully saturated rings. The maximum atomic E-state index is 11.5. The van der Waals surface area contributed by atoms with Gasteiger partial charge in [0, 0.05) is 25.7 Å². The molecule has 1 aliphatic rings. The maximum absolute atomic E-state index is 11.5. The molecule has 1 saturated heterocycles. The van der Waals surface area contributed by atoms with Crippen molar-refractivity contribution in [1.29, 1.82) is 0 Å². The predicted molar refractivity (Wildman–Crippen MR) is 82.0 cm³/mol. The van der Waals surface area contributed by atoms with E-state index in [2.05, 4.69) is 5.32 Å². The third kappa shape index (κ3) is 3.93. The minimum Gasteiger partial charge on any atom is -0.392 e. The monoisotopic (exact) mass is 329 g/mol. The van der Waals surface area contributed by atoms with E-state index in [1.54, 1.807) is 6.07 Å². The van der Waals surface area contributed by atoms with E-state index >= 15 is 0 Å². The van der Waals surface area contributed by atoms with E-state index in [-0.39, 0.29) is 18.2 Å². The van der Waals surface area contributed by atoms with Crippen molar-refractivity contribution in [3.05, 3.63) is 33.9 Å². The molecule has 0 saturated carbocycles. The second kappa shape index (κ2) is 6.59. The van der Waals surface area contributed by atoms with Crippen molar-refractivity contribution >= 4 is 21.4 Å². The van der Waals surface area contributed by atoms with Crippen LogP contribution in [0.4, 0.5) is 11.4 Å². The van der Waals surface area contributed by atoms with Crippen LogP contribution in [0.2, 0.25) is 0 Å². The molecule has 0 aromatic heterocycles. The van der Waals surface area contributed by atoms with E-state index in [0.29, 0.717) is 37.3 Å². The molecule has 1 aliphatic heterocycles. The van der Waals surface area contributed by atoms with Gasteiger partial charge in [-0.15, -0.1) is 0 Å². The van der Waals surface area contributed by atoms with Gasteiger partial charge in [-0.1, -0.05) is 0 Å². The lowest BCUT2D eigenvalue weighted by molar-refractivity contribution is -0.384. The van der Waals surface area contributed by atoms with Gasteiger partial charge in [0.15, 0.2) is 0 Å². The molecule has 22 heavy (non-hydrogen) atoms. The summed E-state index contributed by atoms with van der Waals surface area (Å²) in [7, 11) is -3.19. The van der Waals surface area contributed by atoms with Crippen LogP contribution < -0.4 is 5.32 Å². The SMILES string of the molecule is CS(=O)(=O)N1CCC(CNc2cc(CO)ccc2[N+](=O)[O-])C1. The summed E-state index contributed by atoms with van der Waals surface area (Å²) in [6.45, 7) is 1.14. The second-order valence-corrected chi connectivity index (χ2v) is 7.41. The number of nitrogens with zero attached hydrogens (tertiary/aromatic N) is 2. The summed E-state index contributed by atoms with van der Waals surface area (Å²) >= 11 is 0. The summed E-state index contributed by atoms with van der Waals surface area (Å²) in [6, 6.07) is 4.40. The normalized spacial score (nSPS) is 19.3. The third-order valence-corrected chi connectivity index (χ3v) is 5.01. The molecule has 1 atom stereocenters. The number of anilines is 1. The fourth-order valence-electron chi connectivity index (χ4n) is 2.50. The molecule has 1 heterocycles. The van der Waals surface area contributed by atoms with Crippen LogP contribution >= 0.6 is 0 Å². The first kappa shape index (κ1) is 16.7. The lowest BCUT2D eigenvalue weighted by atomic mass is 10.1. The number of aliphatic hydroxyl groups excluding tert-OH is 1. The van der Waals surface area contributed by atoms with Crippen molar-refractivity contribution in [3.63, 3.8) is 0 Å². The Hall–Kier alpha value is -1.71. The molecule has 1 aromatic carbocycles. The number of nitrogens with one attached hydrogen (secondary N) is 1. The van der Waals surface area contributed by atoms with Gasteiger partial charge < -0.3 is 10.4 Å². The van der Waals surface area contributed by atoms with Crippen molar-refractivity contribution in [2.45, 2.75) is 13.0 Å². The van der Waals surface area contributed by atoms with Crippen molar-refractivity contribution in [2.24, 2.45) is 5.92 Å². The zero-order valence-corrected chi connectivity index (χ0v) is 13.0. The zero-order valence-electron chi connectivity index (χ0n) is 12.2. The van der Waals surface area contributed by atoms with Gasteiger partial charge in [0.2, 0.25) is 10.0 Å². The van der Waals surface area contributed by atoms with Gasteiger partial charge in [0.1, 0.15) is 5.69 Å². The van der Waals surface area contributed by atoms with Crippen LogP contribution in [0.25, 0.3) is 0 Å². The fraction of sp³-hybridized carbons (Fsp3) is 0.538. The number of rotatable bonds is 6. The highest BCUT2D eigenvalue weighted by Crippen LogP contribution is 2.27. The molecule has 2 N–H and O–H groups in total. The summed E-state index contributed by atoms with van der Waals surface area (Å²) in [5.74, 6) is 0.104. The van der Waals surface area contributed by atoms with E-state index in [9.17, 15) is 18.5 Å². The molecule has 0 radical (unpaired) electrons. The Morgan fingerprint density at radius 1 is 1.50 bits per heavy atom. The standard InChI is InChI=1S/C13H19N3O5S/c1-22(20,21)15-5-4-11(8-15)7-14-12-6-10(9-17)2-3-13(12)16(18)19/h2-3,6,11,14,17H,4-5,7-9H2,1H3. The molecular formula is C13H19N3O5S. The minimum absolute atomic E-state index is 0.0600. The van der Waals surface area contributed by atoms with E-state index in [1.807, 2.05) is 0 Å². The number of hydrogen-bond donors (Lipinski definition) is 2. The molecule has 9 heteroatoms. The van der Waals surface area contributed by atoms with Crippen molar-refractivity contribution < 1.29 is 18.4 Å². The maximum Gasteiger partial charge on any atom is 0.292 e. The number of nitro benzene ring substituents is 1. The minimum atomic E-state index is -3.19. The van der Waals surface area contributed by atoms with Crippen molar-refractivity contribution in [3.8, 4) is 0 Å². The Morgan fingerprint density at radius 2 is 2.23 bits per heavy atom. The molecule has 0 bridgehead atoms. The predicted octanol–water partition coefficient (Wildman–Crippen LogP) is 0.780. The van der Waals surface area contributed by atoms with Crippen molar-refractivity contribution in [2.75, 3.05) is 31.2 Å². The van der Waals surface area contributed by atoms with Crippen LogP contribution in [0, 0.1) is 16.0 Å². The highest BCUT2D eigenvalue weighted by molar-refractivity contribution is 7.88. The number of aliphatic hydroxyl groups is 1. The van der Waals surface area contributed by atoms with Crippen LogP contribution in [0.5, 0.6) is 0 Å². The summed E-state index contributed by atoms with van der Waals surface area (Å²) in [5.41, 5.74) is 0.863. The second-order valence-electron chi connectivity index (χ2n) is 5.42. The molecule has 8 nitrogen and oxygen atoms in total. The molecule has 0 aliphatic carbocycles. The van der Waals surface area contributed by atoms with Crippen LogP contribution in [-0.2, 0) is 16.6 Å².